The van der Waals surface area contributed by atoms with Crippen LogP contribution in [-0.2, 0) is 4.74 Å². The fourth-order valence-electron chi connectivity index (χ4n) is 2.30. The van der Waals surface area contributed by atoms with Crippen LogP contribution in [0.3, 0.4) is 0 Å². The first-order chi connectivity index (χ1) is 12.2. The number of carbonyl (C=O) groups excluding carboxylic acids is 1. The van der Waals surface area contributed by atoms with Crippen molar-refractivity contribution in [3.63, 3.8) is 0 Å². The minimum Gasteiger partial charge on any atom is -0.475 e. The van der Waals surface area contributed by atoms with Crippen LogP contribution in [0.4, 0.5) is 5.69 Å². The SMILES string of the molecule is COCCOc1ccc(NC(=O)c2c[nH]c3ccccc3c2=O)cn1. The van der Waals surface area contributed by atoms with Gasteiger partial charge in [0.25, 0.3) is 5.91 Å². The minimum atomic E-state index is -0.498. The summed E-state index contributed by atoms with van der Waals surface area (Å²) < 4.78 is 10.2. The molecule has 0 radical (unpaired) electrons. The molecule has 0 aliphatic heterocycles. The Labute approximate surface area is 143 Å². The van der Waals surface area contributed by atoms with Gasteiger partial charge in [0.2, 0.25) is 11.3 Å². The highest BCUT2D eigenvalue weighted by molar-refractivity contribution is 6.05. The molecule has 0 atom stereocenters. The number of rotatable bonds is 6. The van der Waals surface area contributed by atoms with E-state index < -0.39 is 5.91 Å². The molecule has 2 N–H and O–H groups in total. The molecular weight excluding hydrogens is 322 g/mol. The van der Waals surface area contributed by atoms with Gasteiger partial charge in [-0.3, -0.25) is 9.59 Å². The zero-order valence-electron chi connectivity index (χ0n) is 13.6. The topological polar surface area (TPSA) is 93.3 Å². The number of anilines is 1. The van der Waals surface area contributed by atoms with E-state index in [1.54, 1.807) is 37.4 Å². The van der Waals surface area contributed by atoms with Crippen LogP contribution < -0.4 is 15.5 Å². The number of para-hydroxylation sites is 1. The maximum atomic E-state index is 12.4. The summed E-state index contributed by atoms with van der Waals surface area (Å²) in [6.07, 6.45) is 2.88. The van der Waals surface area contributed by atoms with Gasteiger partial charge in [0.15, 0.2) is 0 Å². The molecule has 0 aliphatic carbocycles. The molecule has 0 fully saturated rings. The molecular formula is C18H17N3O4. The molecule has 0 aliphatic rings. The molecule has 0 bridgehead atoms. The molecule has 7 nitrogen and oxygen atoms in total. The molecule has 3 rings (SSSR count). The van der Waals surface area contributed by atoms with Crippen molar-refractivity contribution < 1.29 is 14.3 Å². The monoisotopic (exact) mass is 339 g/mol. The number of nitrogens with one attached hydrogen (secondary N) is 2. The first kappa shape index (κ1) is 16.7. The number of ether oxygens (including phenoxy) is 2. The van der Waals surface area contributed by atoms with E-state index in [0.717, 1.165) is 0 Å². The molecule has 0 saturated carbocycles. The van der Waals surface area contributed by atoms with Gasteiger partial charge in [-0.1, -0.05) is 12.1 Å². The van der Waals surface area contributed by atoms with Gasteiger partial charge in [0.1, 0.15) is 12.2 Å². The number of fused-ring (bicyclic) bond motifs is 1. The number of H-pyrrole nitrogens is 1. The van der Waals surface area contributed by atoms with Crippen molar-refractivity contribution >= 4 is 22.5 Å². The van der Waals surface area contributed by atoms with Crippen LogP contribution in [0, 0.1) is 0 Å². The second kappa shape index (κ2) is 7.59. The van der Waals surface area contributed by atoms with Gasteiger partial charge in [-0.2, -0.15) is 0 Å². The van der Waals surface area contributed by atoms with Crippen molar-refractivity contribution in [1.29, 1.82) is 0 Å². The number of methoxy groups -OCH3 is 1. The summed E-state index contributed by atoms with van der Waals surface area (Å²) in [5.41, 5.74) is 0.873. The van der Waals surface area contributed by atoms with E-state index in [-0.39, 0.29) is 11.0 Å². The number of carbonyl (C=O) groups is 1. The van der Waals surface area contributed by atoms with Gasteiger partial charge in [-0.05, 0) is 18.2 Å². The standard InChI is InChI=1S/C18H17N3O4/c1-24-8-9-25-16-7-6-12(10-20-16)21-18(23)14-11-19-15-5-3-2-4-13(15)17(14)22/h2-7,10-11H,8-9H2,1H3,(H,19,22)(H,21,23). The molecule has 7 heteroatoms. The number of pyridine rings is 2. The van der Waals surface area contributed by atoms with E-state index in [9.17, 15) is 9.59 Å². The van der Waals surface area contributed by atoms with Crippen LogP contribution in [0.5, 0.6) is 5.88 Å². The van der Waals surface area contributed by atoms with Crippen molar-refractivity contribution in [1.82, 2.24) is 9.97 Å². The van der Waals surface area contributed by atoms with Gasteiger partial charge in [-0.15, -0.1) is 0 Å². The number of hydrogen-bond acceptors (Lipinski definition) is 5. The van der Waals surface area contributed by atoms with Gasteiger partial charge in [-0.25, -0.2) is 4.98 Å². The average Bonchev–Trinajstić information content (AvgIpc) is 2.64. The maximum absolute atomic E-state index is 12.4. The third-order valence-electron chi connectivity index (χ3n) is 3.56. The molecule has 2 heterocycles. The average molecular weight is 339 g/mol. The molecule has 0 unspecified atom stereocenters. The van der Waals surface area contributed by atoms with Gasteiger partial charge >= 0.3 is 0 Å². The predicted octanol–water partition coefficient (Wildman–Crippen LogP) is 2.20. The molecule has 2 aromatic heterocycles. The third kappa shape index (κ3) is 3.84. The lowest BCUT2D eigenvalue weighted by Gasteiger charge is -2.07. The summed E-state index contributed by atoms with van der Waals surface area (Å²) in [5, 5.41) is 3.12. The molecule has 25 heavy (non-hydrogen) atoms. The van der Waals surface area contributed by atoms with Crippen molar-refractivity contribution in [2.24, 2.45) is 0 Å². The Hall–Kier alpha value is -3.19. The van der Waals surface area contributed by atoms with Crippen molar-refractivity contribution in [3.05, 3.63) is 64.6 Å². The number of nitrogens with zero attached hydrogens (tertiary/aromatic N) is 1. The van der Waals surface area contributed by atoms with E-state index in [1.165, 1.54) is 12.4 Å². The highest BCUT2D eigenvalue weighted by Crippen LogP contribution is 2.13. The lowest BCUT2D eigenvalue weighted by Crippen LogP contribution is -2.22. The molecule has 0 spiro atoms. The quantitative estimate of drug-likeness (QED) is 0.672. The predicted molar refractivity (Wildman–Crippen MR) is 94.1 cm³/mol. The van der Waals surface area contributed by atoms with Crippen LogP contribution >= 0.6 is 0 Å². The van der Waals surface area contributed by atoms with Gasteiger partial charge < -0.3 is 19.8 Å². The van der Waals surface area contributed by atoms with Crippen molar-refractivity contribution in [2.45, 2.75) is 0 Å². The van der Waals surface area contributed by atoms with Crippen molar-refractivity contribution in [3.8, 4) is 5.88 Å². The fraction of sp³-hybridized carbons (Fsp3) is 0.167. The third-order valence-corrected chi connectivity index (χ3v) is 3.56. The maximum Gasteiger partial charge on any atom is 0.261 e. The second-order valence-electron chi connectivity index (χ2n) is 5.26. The van der Waals surface area contributed by atoms with Crippen LogP contribution in [0.15, 0.2) is 53.6 Å². The van der Waals surface area contributed by atoms with Crippen LogP contribution in [0.2, 0.25) is 0 Å². The second-order valence-corrected chi connectivity index (χ2v) is 5.26. The molecule has 3 aromatic rings. The van der Waals surface area contributed by atoms with Crippen LogP contribution in [-0.4, -0.2) is 36.2 Å². The largest absolute Gasteiger partial charge is 0.475 e. The molecule has 1 amide bonds. The molecule has 128 valence electrons. The van der Waals surface area contributed by atoms with Crippen LogP contribution in [0.1, 0.15) is 10.4 Å². The Kier molecular flexibility index (Phi) is 5.06. The normalized spacial score (nSPS) is 10.6. The van der Waals surface area contributed by atoms with E-state index >= 15 is 0 Å². The summed E-state index contributed by atoms with van der Waals surface area (Å²) in [4.78, 5) is 31.8. The lowest BCUT2D eigenvalue weighted by molar-refractivity contribution is 0.102. The zero-order valence-corrected chi connectivity index (χ0v) is 13.6. The fourth-order valence-corrected chi connectivity index (χ4v) is 2.30. The Balaban J connectivity index is 1.74. The van der Waals surface area contributed by atoms with Crippen molar-refractivity contribution in [2.75, 3.05) is 25.6 Å². The van der Waals surface area contributed by atoms with E-state index in [4.69, 9.17) is 9.47 Å². The smallest absolute Gasteiger partial charge is 0.261 e. The summed E-state index contributed by atoms with van der Waals surface area (Å²) in [7, 11) is 1.59. The van der Waals surface area contributed by atoms with E-state index in [1.807, 2.05) is 6.07 Å². The number of benzene rings is 1. The Morgan fingerprint density at radius 1 is 1.20 bits per heavy atom. The summed E-state index contributed by atoms with van der Waals surface area (Å²) >= 11 is 0. The number of amides is 1. The summed E-state index contributed by atoms with van der Waals surface area (Å²) in [5.74, 6) is -0.0690. The van der Waals surface area contributed by atoms with Gasteiger partial charge in [0.05, 0.1) is 18.5 Å². The highest BCUT2D eigenvalue weighted by Gasteiger charge is 2.13. The van der Waals surface area contributed by atoms with E-state index in [0.29, 0.717) is 35.7 Å². The number of aromatic amines is 1. The molecule has 1 aromatic carbocycles. The number of hydrogen-bond donors (Lipinski definition) is 2. The Morgan fingerprint density at radius 3 is 2.80 bits per heavy atom. The zero-order chi connectivity index (χ0) is 17.6. The Bertz CT molecular complexity index is 935. The van der Waals surface area contributed by atoms with E-state index in [2.05, 4.69) is 15.3 Å². The number of aromatic nitrogens is 2. The van der Waals surface area contributed by atoms with Gasteiger partial charge in [0, 0.05) is 30.3 Å². The summed E-state index contributed by atoms with van der Waals surface area (Å²) in [6.45, 7) is 0.854. The highest BCUT2D eigenvalue weighted by atomic mass is 16.5. The lowest BCUT2D eigenvalue weighted by atomic mass is 10.1. The summed E-state index contributed by atoms with van der Waals surface area (Å²) in [6, 6.07) is 10.3. The first-order valence-electron chi connectivity index (χ1n) is 7.68. The minimum absolute atomic E-state index is 0.0409. The molecule has 0 saturated heterocycles. The van der Waals surface area contributed by atoms with Crippen LogP contribution in [0.25, 0.3) is 10.9 Å². The first-order valence-corrected chi connectivity index (χ1v) is 7.68. The Morgan fingerprint density at radius 2 is 2.04 bits per heavy atom.